The second-order valence-corrected chi connectivity index (χ2v) is 4.36. The molecule has 0 spiro atoms. The summed E-state index contributed by atoms with van der Waals surface area (Å²) >= 11 is 0. The van der Waals surface area contributed by atoms with Gasteiger partial charge in [-0.3, -0.25) is 9.59 Å². The number of rotatable bonds is 8. The SMILES string of the molecule is O=C(C=Cc1ccc(C=CC(=O)NCCO)cc1)NCCO. The topological polar surface area (TPSA) is 98.7 Å². The zero-order valence-electron chi connectivity index (χ0n) is 12.2. The quantitative estimate of drug-likeness (QED) is 0.505. The lowest BCUT2D eigenvalue weighted by Crippen LogP contribution is -2.24. The van der Waals surface area contributed by atoms with Crippen LogP contribution in [0.1, 0.15) is 11.1 Å². The Balaban J connectivity index is 2.52. The first kappa shape index (κ1) is 17.6. The summed E-state index contributed by atoms with van der Waals surface area (Å²) in [6.07, 6.45) is 6.11. The van der Waals surface area contributed by atoms with E-state index < -0.39 is 0 Å². The van der Waals surface area contributed by atoms with Crippen molar-refractivity contribution >= 4 is 24.0 Å². The second kappa shape index (κ2) is 10.3. The number of carbonyl (C=O) groups is 2. The molecular weight excluding hydrogens is 284 g/mol. The fraction of sp³-hybridized carbons (Fsp3) is 0.250. The van der Waals surface area contributed by atoms with Crippen molar-refractivity contribution in [1.82, 2.24) is 10.6 Å². The predicted molar refractivity (Wildman–Crippen MR) is 84.7 cm³/mol. The average molecular weight is 304 g/mol. The molecule has 1 aromatic rings. The zero-order valence-corrected chi connectivity index (χ0v) is 12.2. The fourth-order valence-electron chi connectivity index (χ4n) is 1.54. The number of amides is 2. The highest BCUT2D eigenvalue weighted by atomic mass is 16.3. The maximum Gasteiger partial charge on any atom is 0.244 e. The second-order valence-electron chi connectivity index (χ2n) is 4.36. The largest absolute Gasteiger partial charge is 0.395 e. The van der Waals surface area contributed by atoms with Crippen LogP contribution in [0.4, 0.5) is 0 Å². The van der Waals surface area contributed by atoms with Crippen molar-refractivity contribution in [2.24, 2.45) is 0 Å². The molecule has 0 heterocycles. The number of hydrogen-bond acceptors (Lipinski definition) is 4. The Bertz CT molecular complexity index is 487. The van der Waals surface area contributed by atoms with Crippen LogP contribution >= 0.6 is 0 Å². The molecule has 0 unspecified atom stereocenters. The first-order valence-corrected chi connectivity index (χ1v) is 6.89. The van der Waals surface area contributed by atoms with Gasteiger partial charge in [0.1, 0.15) is 0 Å². The van der Waals surface area contributed by atoms with Crippen molar-refractivity contribution in [3.8, 4) is 0 Å². The molecule has 0 saturated heterocycles. The van der Waals surface area contributed by atoms with E-state index in [0.29, 0.717) is 0 Å². The average Bonchev–Trinajstić information content (AvgIpc) is 2.55. The summed E-state index contributed by atoms with van der Waals surface area (Å²) in [6.45, 7) is 0.273. The van der Waals surface area contributed by atoms with Gasteiger partial charge in [-0.2, -0.15) is 0 Å². The van der Waals surface area contributed by atoms with Crippen LogP contribution in [-0.2, 0) is 9.59 Å². The van der Waals surface area contributed by atoms with Gasteiger partial charge in [0.15, 0.2) is 0 Å². The van der Waals surface area contributed by atoms with Crippen LogP contribution in [0.15, 0.2) is 36.4 Å². The van der Waals surface area contributed by atoms with Gasteiger partial charge in [-0.15, -0.1) is 0 Å². The van der Waals surface area contributed by atoms with E-state index >= 15 is 0 Å². The molecule has 118 valence electrons. The summed E-state index contributed by atoms with van der Waals surface area (Å²) in [6, 6.07) is 7.28. The standard InChI is InChI=1S/C16H20N2O4/c19-11-9-17-15(21)7-5-13-1-2-14(4-3-13)6-8-16(22)18-10-12-20/h1-8,19-20H,9-12H2,(H,17,21)(H,18,22). The predicted octanol–water partition coefficient (Wildman–Crippen LogP) is -0.0700. The van der Waals surface area contributed by atoms with Crippen LogP contribution in [0.3, 0.4) is 0 Å². The van der Waals surface area contributed by atoms with Gasteiger partial charge in [-0.25, -0.2) is 0 Å². The van der Waals surface area contributed by atoms with Gasteiger partial charge in [0.05, 0.1) is 13.2 Å². The van der Waals surface area contributed by atoms with Crippen molar-refractivity contribution < 1.29 is 19.8 Å². The maximum atomic E-state index is 11.3. The van der Waals surface area contributed by atoms with Gasteiger partial charge < -0.3 is 20.8 Å². The molecule has 2 amide bonds. The van der Waals surface area contributed by atoms with Gasteiger partial charge in [0, 0.05) is 25.2 Å². The Morgan fingerprint density at radius 2 is 1.18 bits per heavy atom. The highest BCUT2D eigenvalue weighted by Crippen LogP contribution is 2.07. The molecule has 6 heteroatoms. The molecule has 0 bridgehead atoms. The molecular formula is C16H20N2O4. The van der Waals surface area contributed by atoms with Gasteiger partial charge in [-0.1, -0.05) is 24.3 Å². The van der Waals surface area contributed by atoms with E-state index in [0.717, 1.165) is 11.1 Å². The first-order valence-electron chi connectivity index (χ1n) is 6.89. The summed E-state index contributed by atoms with van der Waals surface area (Å²) in [5, 5.41) is 22.2. The van der Waals surface area contributed by atoms with Crippen LogP contribution in [0, 0.1) is 0 Å². The van der Waals surface area contributed by atoms with Crippen molar-refractivity contribution in [2.75, 3.05) is 26.3 Å². The zero-order chi connectivity index (χ0) is 16.2. The summed E-state index contributed by atoms with van der Waals surface area (Å²) < 4.78 is 0. The Morgan fingerprint density at radius 1 is 0.818 bits per heavy atom. The third-order valence-corrected chi connectivity index (χ3v) is 2.61. The van der Waals surface area contributed by atoms with Crippen LogP contribution in [0.2, 0.25) is 0 Å². The third-order valence-electron chi connectivity index (χ3n) is 2.61. The normalized spacial score (nSPS) is 11.0. The number of carbonyl (C=O) groups excluding carboxylic acids is 2. The summed E-state index contributed by atoms with van der Waals surface area (Å²) in [4.78, 5) is 22.6. The van der Waals surface area contributed by atoms with Gasteiger partial charge in [0.25, 0.3) is 0 Å². The lowest BCUT2D eigenvalue weighted by molar-refractivity contribution is -0.117. The van der Waals surface area contributed by atoms with E-state index in [1.807, 2.05) is 24.3 Å². The minimum atomic E-state index is -0.265. The molecule has 0 aliphatic carbocycles. The molecule has 22 heavy (non-hydrogen) atoms. The van der Waals surface area contributed by atoms with Crippen molar-refractivity contribution in [3.05, 3.63) is 47.5 Å². The molecule has 4 N–H and O–H groups in total. The monoisotopic (exact) mass is 304 g/mol. The fourth-order valence-corrected chi connectivity index (χ4v) is 1.54. The number of aliphatic hydroxyl groups is 2. The van der Waals surface area contributed by atoms with E-state index in [-0.39, 0.29) is 38.1 Å². The van der Waals surface area contributed by atoms with Crippen molar-refractivity contribution in [2.45, 2.75) is 0 Å². The number of nitrogens with one attached hydrogen (secondary N) is 2. The molecule has 0 saturated carbocycles. The molecule has 0 aliphatic heterocycles. The molecule has 6 nitrogen and oxygen atoms in total. The Morgan fingerprint density at radius 3 is 1.50 bits per heavy atom. The highest BCUT2D eigenvalue weighted by Gasteiger charge is 1.95. The number of hydrogen-bond donors (Lipinski definition) is 4. The van der Waals surface area contributed by atoms with Crippen LogP contribution in [-0.4, -0.2) is 48.3 Å². The summed E-state index contributed by atoms with van der Waals surface area (Å²) in [5.41, 5.74) is 1.70. The van der Waals surface area contributed by atoms with E-state index in [2.05, 4.69) is 10.6 Å². The number of benzene rings is 1. The van der Waals surface area contributed by atoms with E-state index in [1.165, 1.54) is 12.2 Å². The van der Waals surface area contributed by atoms with Gasteiger partial charge in [0.2, 0.25) is 11.8 Å². The molecule has 1 aromatic carbocycles. The van der Waals surface area contributed by atoms with E-state index in [1.54, 1.807) is 12.2 Å². The third kappa shape index (κ3) is 7.37. The minimum Gasteiger partial charge on any atom is -0.395 e. The Hall–Kier alpha value is -2.44. The maximum absolute atomic E-state index is 11.3. The molecule has 0 radical (unpaired) electrons. The summed E-state index contributed by atoms with van der Waals surface area (Å²) in [5.74, 6) is -0.530. The van der Waals surface area contributed by atoms with Crippen LogP contribution in [0.25, 0.3) is 12.2 Å². The van der Waals surface area contributed by atoms with Gasteiger partial charge >= 0.3 is 0 Å². The molecule has 0 aliphatic rings. The molecule has 0 aromatic heterocycles. The first-order chi connectivity index (χ1) is 10.7. The number of aliphatic hydroxyl groups excluding tert-OH is 2. The Kier molecular flexibility index (Phi) is 8.25. The smallest absolute Gasteiger partial charge is 0.244 e. The summed E-state index contributed by atoms with van der Waals surface area (Å²) in [7, 11) is 0. The lowest BCUT2D eigenvalue weighted by atomic mass is 10.1. The van der Waals surface area contributed by atoms with Crippen molar-refractivity contribution in [1.29, 1.82) is 0 Å². The molecule has 0 atom stereocenters. The molecule has 1 rings (SSSR count). The van der Waals surface area contributed by atoms with E-state index in [4.69, 9.17) is 10.2 Å². The van der Waals surface area contributed by atoms with Gasteiger partial charge in [-0.05, 0) is 23.3 Å². The van der Waals surface area contributed by atoms with E-state index in [9.17, 15) is 9.59 Å². The highest BCUT2D eigenvalue weighted by molar-refractivity contribution is 5.92. The Labute approximate surface area is 129 Å². The molecule has 0 fully saturated rings. The lowest BCUT2D eigenvalue weighted by Gasteiger charge is -1.99. The van der Waals surface area contributed by atoms with Crippen molar-refractivity contribution in [3.63, 3.8) is 0 Å². The van der Waals surface area contributed by atoms with Crippen LogP contribution in [0.5, 0.6) is 0 Å². The van der Waals surface area contributed by atoms with Crippen LogP contribution < -0.4 is 10.6 Å². The minimum absolute atomic E-state index is 0.0908.